The van der Waals surface area contributed by atoms with Gasteiger partial charge in [-0.3, -0.25) is 9.36 Å². The summed E-state index contributed by atoms with van der Waals surface area (Å²) in [4.78, 5) is 22.5. The zero-order valence-electron chi connectivity index (χ0n) is 9.24. The molecule has 0 aliphatic rings. The molecule has 0 saturated carbocycles. The molecule has 0 aliphatic carbocycles. The van der Waals surface area contributed by atoms with Crippen molar-refractivity contribution in [2.45, 2.75) is 33.2 Å². The van der Waals surface area contributed by atoms with Crippen molar-refractivity contribution in [2.75, 3.05) is 0 Å². The normalized spacial score (nSPS) is 12.8. The Labute approximate surface area is 86.9 Å². The number of carbonyl (C=O) groups is 1. The summed E-state index contributed by atoms with van der Waals surface area (Å²) < 4.78 is 1.29. The van der Waals surface area contributed by atoms with Gasteiger partial charge in [0.05, 0.1) is 11.0 Å². The molecule has 0 radical (unpaired) electrons. The number of aliphatic carboxylic acids is 1. The molecule has 1 aromatic heterocycles. The molecule has 1 rings (SSSR count). The standard InChI is InChI=1S/C9H15N3O3/c1-8(2,6(13)14)9(3,4)12-5-10-11-7(12)15/h5H,1-4H3,(H,11,15)(H,13,14). The molecule has 6 nitrogen and oxygen atoms in total. The Balaban J connectivity index is 3.31. The first-order valence-electron chi connectivity index (χ1n) is 4.57. The van der Waals surface area contributed by atoms with E-state index in [0.29, 0.717) is 0 Å². The van der Waals surface area contributed by atoms with Crippen LogP contribution in [-0.2, 0) is 10.3 Å². The van der Waals surface area contributed by atoms with Crippen molar-refractivity contribution in [3.8, 4) is 0 Å². The lowest BCUT2D eigenvalue weighted by molar-refractivity contribution is -0.153. The van der Waals surface area contributed by atoms with Crippen LogP contribution in [-0.4, -0.2) is 25.8 Å². The van der Waals surface area contributed by atoms with Gasteiger partial charge in [-0.2, -0.15) is 5.10 Å². The topological polar surface area (TPSA) is 88.0 Å². The molecule has 15 heavy (non-hydrogen) atoms. The van der Waals surface area contributed by atoms with E-state index in [1.165, 1.54) is 10.9 Å². The summed E-state index contributed by atoms with van der Waals surface area (Å²) >= 11 is 0. The number of hydrogen-bond donors (Lipinski definition) is 2. The van der Waals surface area contributed by atoms with Gasteiger partial charge in [-0.05, 0) is 27.7 Å². The van der Waals surface area contributed by atoms with Gasteiger partial charge in [-0.25, -0.2) is 9.89 Å². The van der Waals surface area contributed by atoms with Gasteiger partial charge >= 0.3 is 11.7 Å². The Kier molecular flexibility index (Phi) is 2.46. The summed E-state index contributed by atoms with van der Waals surface area (Å²) in [6.07, 6.45) is 1.31. The number of H-pyrrole nitrogens is 1. The lowest BCUT2D eigenvalue weighted by Gasteiger charge is -2.38. The summed E-state index contributed by atoms with van der Waals surface area (Å²) in [5.41, 5.74) is -2.33. The van der Waals surface area contributed by atoms with Gasteiger partial charge in [0.25, 0.3) is 0 Å². The number of nitrogens with zero attached hydrogens (tertiary/aromatic N) is 2. The maximum absolute atomic E-state index is 11.4. The lowest BCUT2D eigenvalue weighted by Crippen LogP contribution is -2.50. The Morgan fingerprint density at radius 2 is 2.00 bits per heavy atom. The van der Waals surface area contributed by atoms with E-state index >= 15 is 0 Å². The molecule has 0 saturated heterocycles. The van der Waals surface area contributed by atoms with Crippen molar-refractivity contribution < 1.29 is 9.90 Å². The van der Waals surface area contributed by atoms with Crippen LogP contribution in [0.5, 0.6) is 0 Å². The van der Waals surface area contributed by atoms with Crippen molar-refractivity contribution in [1.29, 1.82) is 0 Å². The molecule has 0 spiro atoms. The molecule has 0 atom stereocenters. The zero-order chi connectivity index (χ0) is 11.9. The fourth-order valence-electron chi connectivity index (χ4n) is 1.21. The van der Waals surface area contributed by atoms with Crippen LogP contribution in [0.1, 0.15) is 27.7 Å². The molecule has 2 N–H and O–H groups in total. The van der Waals surface area contributed by atoms with Gasteiger partial charge in [-0.15, -0.1) is 0 Å². The van der Waals surface area contributed by atoms with E-state index in [1.807, 2.05) is 0 Å². The first-order chi connectivity index (χ1) is 6.71. The predicted octanol–water partition coefficient (Wildman–Crippen LogP) is 0.417. The monoisotopic (exact) mass is 213 g/mol. The number of carboxylic acid groups (broad SMARTS) is 1. The molecular weight excluding hydrogens is 198 g/mol. The maximum Gasteiger partial charge on any atom is 0.343 e. The van der Waals surface area contributed by atoms with E-state index in [9.17, 15) is 9.59 Å². The Hall–Kier alpha value is -1.59. The molecule has 6 heteroatoms. The smallest absolute Gasteiger partial charge is 0.343 e. The van der Waals surface area contributed by atoms with Crippen molar-refractivity contribution >= 4 is 5.97 Å². The maximum atomic E-state index is 11.4. The highest BCUT2D eigenvalue weighted by atomic mass is 16.4. The molecule has 0 amide bonds. The van der Waals surface area contributed by atoms with Crippen molar-refractivity contribution in [2.24, 2.45) is 5.41 Å². The van der Waals surface area contributed by atoms with E-state index in [-0.39, 0.29) is 0 Å². The molecule has 0 aliphatic heterocycles. The minimum Gasteiger partial charge on any atom is -0.481 e. The molecule has 0 fully saturated rings. The summed E-state index contributed by atoms with van der Waals surface area (Å²) in [5, 5.41) is 15.0. The molecule has 0 unspecified atom stereocenters. The molecular formula is C9H15N3O3. The fourth-order valence-corrected chi connectivity index (χ4v) is 1.21. The number of aromatic nitrogens is 3. The third-order valence-corrected chi connectivity index (χ3v) is 3.22. The minimum atomic E-state index is -1.07. The van der Waals surface area contributed by atoms with Crippen molar-refractivity contribution in [1.82, 2.24) is 14.8 Å². The molecule has 84 valence electrons. The lowest BCUT2D eigenvalue weighted by atomic mass is 9.74. The van der Waals surface area contributed by atoms with Crippen molar-refractivity contribution in [3.63, 3.8) is 0 Å². The number of hydrogen-bond acceptors (Lipinski definition) is 3. The first-order valence-corrected chi connectivity index (χ1v) is 4.57. The third kappa shape index (κ3) is 1.55. The van der Waals surface area contributed by atoms with Crippen LogP contribution in [0.4, 0.5) is 0 Å². The highest BCUT2D eigenvalue weighted by Crippen LogP contribution is 2.35. The fraction of sp³-hybridized carbons (Fsp3) is 0.667. The van der Waals surface area contributed by atoms with Crippen LogP contribution >= 0.6 is 0 Å². The van der Waals surface area contributed by atoms with Crippen LogP contribution in [0.3, 0.4) is 0 Å². The molecule has 1 heterocycles. The summed E-state index contributed by atoms with van der Waals surface area (Å²) in [5.74, 6) is -0.958. The van der Waals surface area contributed by atoms with E-state index in [0.717, 1.165) is 0 Å². The van der Waals surface area contributed by atoms with Gasteiger partial charge in [0.15, 0.2) is 0 Å². The van der Waals surface area contributed by atoms with Gasteiger partial charge in [0.1, 0.15) is 6.33 Å². The van der Waals surface area contributed by atoms with Gasteiger partial charge in [0, 0.05) is 0 Å². The Morgan fingerprint density at radius 1 is 1.47 bits per heavy atom. The van der Waals surface area contributed by atoms with Gasteiger partial charge in [0.2, 0.25) is 0 Å². The van der Waals surface area contributed by atoms with E-state index in [4.69, 9.17) is 5.11 Å². The van der Waals surface area contributed by atoms with E-state index in [2.05, 4.69) is 10.2 Å². The quantitative estimate of drug-likeness (QED) is 0.761. The number of nitrogens with one attached hydrogen (secondary N) is 1. The molecule has 0 bridgehead atoms. The largest absolute Gasteiger partial charge is 0.481 e. The minimum absolute atomic E-state index is 0.408. The third-order valence-electron chi connectivity index (χ3n) is 3.22. The van der Waals surface area contributed by atoms with Crippen LogP contribution in [0.15, 0.2) is 11.1 Å². The number of carboxylic acids is 1. The second-order valence-electron chi connectivity index (χ2n) is 4.52. The average Bonchev–Trinajstić information content (AvgIpc) is 2.51. The average molecular weight is 213 g/mol. The molecule has 0 aromatic carbocycles. The van der Waals surface area contributed by atoms with E-state index < -0.39 is 22.6 Å². The predicted molar refractivity (Wildman–Crippen MR) is 53.6 cm³/mol. The van der Waals surface area contributed by atoms with E-state index in [1.54, 1.807) is 27.7 Å². The number of aromatic amines is 1. The van der Waals surface area contributed by atoms with Crippen molar-refractivity contribution in [3.05, 3.63) is 16.8 Å². The number of rotatable bonds is 3. The van der Waals surface area contributed by atoms with Crippen LogP contribution in [0, 0.1) is 5.41 Å². The zero-order valence-corrected chi connectivity index (χ0v) is 9.24. The summed E-state index contributed by atoms with van der Waals surface area (Å²) in [6, 6.07) is 0. The summed E-state index contributed by atoms with van der Waals surface area (Å²) in [6.45, 7) is 6.54. The van der Waals surface area contributed by atoms with Crippen LogP contribution in [0.2, 0.25) is 0 Å². The Bertz CT molecular complexity index is 428. The second-order valence-corrected chi connectivity index (χ2v) is 4.52. The second kappa shape index (κ2) is 3.22. The van der Waals surface area contributed by atoms with Crippen LogP contribution in [0.25, 0.3) is 0 Å². The SMILES string of the molecule is CC(C)(C(=O)O)C(C)(C)n1cn[nH]c1=O. The van der Waals surface area contributed by atoms with Gasteiger partial charge < -0.3 is 5.11 Å². The van der Waals surface area contributed by atoms with Crippen LogP contribution < -0.4 is 5.69 Å². The summed E-state index contributed by atoms with van der Waals surface area (Å²) in [7, 11) is 0. The Morgan fingerprint density at radius 3 is 2.33 bits per heavy atom. The highest BCUT2D eigenvalue weighted by Gasteiger charge is 2.45. The first kappa shape index (κ1) is 11.5. The molecule has 1 aromatic rings. The highest BCUT2D eigenvalue weighted by molar-refractivity contribution is 5.75. The van der Waals surface area contributed by atoms with Gasteiger partial charge in [-0.1, -0.05) is 0 Å².